The topological polar surface area (TPSA) is 76.2 Å². The smallest absolute Gasteiger partial charge is 0.342 e. The highest BCUT2D eigenvalue weighted by atomic mass is 16.6. The minimum atomic E-state index is -1.71. The molecule has 0 bridgehead atoms. The van der Waals surface area contributed by atoms with Gasteiger partial charge in [-0.1, -0.05) is 39.0 Å². The van der Waals surface area contributed by atoms with Gasteiger partial charge in [-0.15, -0.1) is 0 Å². The first kappa shape index (κ1) is 20.5. The summed E-state index contributed by atoms with van der Waals surface area (Å²) in [5.41, 5.74) is -1.39. The summed E-state index contributed by atoms with van der Waals surface area (Å²) >= 11 is 0. The van der Waals surface area contributed by atoms with Crippen LogP contribution in [0, 0.1) is 10.8 Å². The van der Waals surface area contributed by atoms with Crippen LogP contribution in [0.25, 0.3) is 0 Å². The molecular weight excluding hydrogens is 396 g/mol. The fourth-order valence-electron chi connectivity index (χ4n) is 6.28. The highest BCUT2D eigenvalue weighted by Crippen LogP contribution is 2.56. The van der Waals surface area contributed by atoms with Gasteiger partial charge in [0.05, 0.1) is 19.8 Å². The van der Waals surface area contributed by atoms with E-state index in [1.165, 1.54) is 12.0 Å². The molecule has 1 aromatic carbocycles. The molecule has 0 aromatic heterocycles. The Morgan fingerprint density at radius 3 is 2.65 bits per heavy atom. The fourth-order valence-corrected chi connectivity index (χ4v) is 6.28. The molecule has 0 saturated carbocycles. The van der Waals surface area contributed by atoms with E-state index in [1.807, 2.05) is 39.0 Å². The number of hydrogen-bond acceptors (Lipinski definition) is 6. The van der Waals surface area contributed by atoms with Crippen LogP contribution in [0.5, 0.6) is 0 Å². The SMILES string of the molecule is COC(=O)[C@]12CO[C@H](C(C)(C)C)N1C(=O)[C@]1(Cc3ccccc3N3CCCC[C@@H]31)C2=O. The van der Waals surface area contributed by atoms with Gasteiger partial charge < -0.3 is 14.4 Å². The van der Waals surface area contributed by atoms with Crippen LogP contribution in [0.4, 0.5) is 5.69 Å². The number of benzene rings is 1. The van der Waals surface area contributed by atoms with Gasteiger partial charge in [-0.2, -0.15) is 0 Å². The van der Waals surface area contributed by atoms with E-state index >= 15 is 0 Å². The van der Waals surface area contributed by atoms with Crippen LogP contribution in [0.15, 0.2) is 24.3 Å². The molecule has 1 aromatic rings. The van der Waals surface area contributed by atoms with Crippen LogP contribution in [-0.4, -0.2) is 60.6 Å². The van der Waals surface area contributed by atoms with Crippen molar-refractivity contribution in [3.63, 3.8) is 0 Å². The highest BCUT2D eigenvalue weighted by molar-refractivity contribution is 6.27. The second-order valence-electron chi connectivity index (χ2n) is 10.4. The Morgan fingerprint density at radius 1 is 1.19 bits per heavy atom. The summed E-state index contributed by atoms with van der Waals surface area (Å²) in [5, 5.41) is 0. The Kier molecular flexibility index (Phi) is 4.33. The number of nitrogens with zero attached hydrogens (tertiary/aromatic N) is 2. The Balaban J connectivity index is 1.72. The molecular formula is C24H30N2O5. The van der Waals surface area contributed by atoms with E-state index < -0.39 is 28.6 Å². The number of anilines is 1. The van der Waals surface area contributed by atoms with Gasteiger partial charge in [0.15, 0.2) is 5.78 Å². The Labute approximate surface area is 182 Å². The standard InChI is InChI=1S/C24H30N2O5/c1-22(2,3)20-26-19(28)23(18(27)24(26,14-31-20)21(29)30-4)13-15-9-5-6-10-16(15)25-12-8-7-11-17(23)25/h5-6,9-10,17,20H,7-8,11-14H2,1-4H3/t17-,20-,23+,24-/m1/s1. The van der Waals surface area contributed by atoms with Crippen molar-refractivity contribution < 1.29 is 23.9 Å². The molecule has 0 radical (unpaired) electrons. The predicted octanol–water partition coefficient (Wildman–Crippen LogP) is 2.31. The van der Waals surface area contributed by atoms with E-state index in [0.717, 1.165) is 37.1 Å². The molecule has 31 heavy (non-hydrogen) atoms. The van der Waals surface area contributed by atoms with E-state index in [2.05, 4.69) is 11.0 Å². The number of Topliss-reactive ketones (excluding diaryl/α,β-unsaturated/α-hetero) is 1. The molecule has 5 rings (SSSR count). The molecule has 166 valence electrons. The first-order valence-electron chi connectivity index (χ1n) is 11.1. The average Bonchev–Trinajstić information content (AvgIpc) is 3.25. The number of hydrogen-bond donors (Lipinski definition) is 0. The number of amides is 1. The summed E-state index contributed by atoms with van der Waals surface area (Å²) in [6.07, 6.45) is 2.36. The Morgan fingerprint density at radius 2 is 1.94 bits per heavy atom. The molecule has 4 aliphatic rings. The van der Waals surface area contributed by atoms with E-state index in [0.29, 0.717) is 6.42 Å². The minimum Gasteiger partial charge on any atom is -0.467 e. The molecule has 4 heterocycles. The molecule has 3 saturated heterocycles. The number of ether oxygens (including phenoxy) is 2. The van der Waals surface area contributed by atoms with E-state index in [1.54, 1.807) is 0 Å². The zero-order valence-corrected chi connectivity index (χ0v) is 18.6. The van der Waals surface area contributed by atoms with E-state index in [4.69, 9.17) is 9.47 Å². The van der Waals surface area contributed by atoms with Gasteiger partial charge in [0.1, 0.15) is 11.6 Å². The first-order chi connectivity index (χ1) is 14.7. The van der Waals surface area contributed by atoms with Crippen LogP contribution in [-0.2, 0) is 30.3 Å². The first-order valence-corrected chi connectivity index (χ1v) is 11.1. The van der Waals surface area contributed by atoms with Gasteiger partial charge >= 0.3 is 5.97 Å². The third-order valence-electron chi connectivity index (χ3n) is 7.58. The molecule has 1 amide bonds. The van der Waals surface area contributed by atoms with E-state index in [-0.39, 0.29) is 24.3 Å². The average molecular weight is 427 g/mol. The van der Waals surface area contributed by atoms with Gasteiger partial charge in [-0.05, 0) is 37.3 Å². The monoisotopic (exact) mass is 426 g/mol. The molecule has 0 unspecified atom stereocenters. The largest absolute Gasteiger partial charge is 0.467 e. The lowest BCUT2D eigenvalue weighted by Crippen LogP contribution is -2.62. The number of carbonyl (C=O) groups is 3. The van der Waals surface area contributed by atoms with E-state index in [9.17, 15) is 14.4 Å². The second-order valence-corrected chi connectivity index (χ2v) is 10.4. The lowest BCUT2D eigenvalue weighted by molar-refractivity contribution is -0.160. The van der Waals surface area contributed by atoms with Crippen molar-refractivity contribution in [3.8, 4) is 0 Å². The molecule has 4 aliphatic heterocycles. The van der Waals surface area contributed by atoms with Crippen molar-refractivity contribution >= 4 is 23.3 Å². The summed E-state index contributed by atoms with van der Waals surface area (Å²) in [4.78, 5) is 45.5. The van der Waals surface area contributed by atoms with Crippen LogP contribution in [0.2, 0.25) is 0 Å². The molecule has 3 fully saturated rings. The Bertz CT molecular complexity index is 969. The van der Waals surface area contributed by atoms with Gasteiger partial charge in [0.2, 0.25) is 11.4 Å². The third kappa shape index (κ3) is 2.41. The maximum Gasteiger partial charge on any atom is 0.342 e. The number of piperidine rings is 1. The number of esters is 1. The molecule has 7 nitrogen and oxygen atoms in total. The summed E-state index contributed by atoms with van der Waals surface area (Å²) in [5.74, 6) is -1.34. The second kappa shape index (κ2) is 6.55. The van der Waals surface area contributed by atoms with Crippen LogP contribution < -0.4 is 4.90 Å². The maximum atomic E-state index is 14.4. The quantitative estimate of drug-likeness (QED) is 0.507. The van der Waals surface area contributed by atoms with Crippen molar-refractivity contribution in [2.75, 3.05) is 25.2 Å². The van der Waals surface area contributed by atoms with Crippen molar-refractivity contribution in [1.29, 1.82) is 0 Å². The van der Waals surface area contributed by atoms with Crippen LogP contribution >= 0.6 is 0 Å². The lowest BCUT2D eigenvalue weighted by Gasteiger charge is -2.50. The number of fused-ring (bicyclic) bond motifs is 5. The third-order valence-corrected chi connectivity index (χ3v) is 7.58. The number of methoxy groups -OCH3 is 1. The fraction of sp³-hybridized carbons (Fsp3) is 0.625. The number of rotatable bonds is 1. The van der Waals surface area contributed by atoms with Crippen LogP contribution in [0.1, 0.15) is 45.6 Å². The van der Waals surface area contributed by atoms with Crippen molar-refractivity contribution in [2.24, 2.45) is 10.8 Å². The van der Waals surface area contributed by atoms with Crippen LogP contribution in [0.3, 0.4) is 0 Å². The summed E-state index contributed by atoms with van der Waals surface area (Å²) in [7, 11) is 1.27. The lowest BCUT2D eigenvalue weighted by atomic mass is 9.64. The zero-order chi connectivity index (χ0) is 22.2. The number of ketones is 1. The molecule has 1 spiro atoms. The van der Waals surface area contributed by atoms with Crippen molar-refractivity contribution in [3.05, 3.63) is 29.8 Å². The van der Waals surface area contributed by atoms with Gasteiger partial charge in [-0.3, -0.25) is 14.5 Å². The molecule has 4 atom stereocenters. The minimum absolute atomic E-state index is 0.150. The highest BCUT2D eigenvalue weighted by Gasteiger charge is 2.78. The predicted molar refractivity (Wildman–Crippen MR) is 113 cm³/mol. The molecule has 0 N–H and O–H groups in total. The number of carbonyl (C=O) groups excluding carboxylic acids is 3. The summed E-state index contributed by atoms with van der Waals surface area (Å²) < 4.78 is 11.1. The van der Waals surface area contributed by atoms with Crippen molar-refractivity contribution in [2.45, 2.75) is 64.3 Å². The van der Waals surface area contributed by atoms with Gasteiger partial charge in [-0.25, -0.2) is 4.79 Å². The maximum absolute atomic E-state index is 14.4. The van der Waals surface area contributed by atoms with Crippen molar-refractivity contribution in [1.82, 2.24) is 4.90 Å². The summed E-state index contributed by atoms with van der Waals surface area (Å²) in [6.45, 7) is 6.52. The Hall–Kier alpha value is -2.41. The molecule has 0 aliphatic carbocycles. The number of para-hydroxylation sites is 1. The normalized spacial score (nSPS) is 34.6. The van der Waals surface area contributed by atoms with Gasteiger partial charge in [0.25, 0.3) is 0 Å². The molecule has 7 heteroatoms. The summed E-state index contributed by atoms with van der Waals surface area (Å²) in [6, 6.07) is 7.75. The van der Waals surface area contributed by atoms with Gasteiger partial charge in [0, 0.05) is 17.6 Å². The zero-order valence-electron chi connectivity index (χ0n) is 18.6.